The van der Waals surface area contributed by atoms with Crippen LogP contribution >= 0.6 is 0 Å². The van der Waals surface area contributed by atoms with Crippen molar-refractivity contribution in [3.8, 4) is 11.5 Å². The Morgan fingerprint density at radius 2 is 1.73 bits per heavy atom. The number of ketones is 2. The van der Waals surface area contributed by atoms with Crippen LogP contribution < -0.4 is 9.47 Å². The molecular weight excluding hydrogens is 376 g/mol. The van der Waals surface area contributed by atoms with Crippen molar-refractivity contribution < 1.29 is 19.1 Å². The first-order valence-electron chi connectivity index (χ1n) is 9.90. The number of carbonyl (C=O) groups excluding carboxylic acids is 2. The highest BCUT2D eigenvalue weighted by Crippen LogP contribution is 2.35. The van der Waals surface area contributed by atoms with E-state index in [4.69, 9.17) is 9.47 Å². The Hall–Kier alpha value is -3.66. The van der Waals surface area contributed by atoms with E-state index in [-0.39, 0.29) is 23.9 Å². The zero-order valence-corrected chi connectivity index (χ0v) is 16.9. The van der Waals surface area contributed by atoms with Crippen LogP contribution in [0.2, 0.25) is 0 Å². The van der Waals surface area contributed by atoms with Gasteiger partial charge in [0.15, 0.2) is 18.1 Å². The molecule has 1 aliphatic rings. The second-order valence-electron chi connectivity index (χ2n) is 7.50. The molecule has 1 heterocycles. The van der Waals surface area contributed by atoms with Crippen molar-refractivity contribution in [2.45, 2.75) is 19.8 Å². The van der Waals surface area contributed by atoms with Gasteiger partial charge in [0.25, 0.3) is 0 Å². The molecule has 3 aromatic carbocycles. The molecular formula is C26H22O4. The molecule has 0 radical (unpaired) electrons. The number of Topliss-reactive ketones (excluding diaryl/α,β-unsaturated/α-hetero) is 2. The molecule has 0 amide bonds. The highest BCUT2D eigenvalue weighted by atomic mass is 16.5. The fourth-order valence-electron chi connectivity index (χ4n) is 3.24. The van der Waals surface area contributed by atoms with E-state index in [0.717, 1.165) is 5.56 Å². The minimum absolute atomic E-state index is 0.0817. The van der Waals surface area contributed by atoms with E-state index in [0.29, 0.717) is 28.5 Å². The summed E-state index contributed by atoms with van der Waals surface area (Å²) >= 11 is 0. The van der Waals surface area contributed by atoms with Gasteiger partial charge >= 0.3 is 0 Å². The SMILES string of the molecule is CC(C)c1ccc(C=C2Oc3cc(OCC(=O)c4ccccc4)ccc3C2=O)cc1. The third-order valence-electron chi connectivity index (χ3n) is 5.01. The van der Waals surface area contributed by atoms with Crippen molar-refractivity contribution in [3.05, 3.63) is 101 Å². The molecule has 4 nitrogen and oxygen atoms in total. The molecule has 0 atom stereocenters. The van der Waals surface area contributed by atoms with Crippen LogP contribution in [0.25, 0.3) is 6.08 Å². The van der Waals surface area contributed by atoms with Crippen molar-refractivity contribution in [3.63, 3.8) is 0 Å². The number of allylic oxidation sites excluding steroid dienone is 1. The largest absolute Gasteiger partial charge is 0.485 e. The quantitative estimate of drug-likeness (QED) is 0.395. The molecule has 3 aromatic rings. The molecule has 0 unspecified atom stereocenters. The van der Waals surface area contributed by atoms with E-state index >= 15 is 0 Å². The first-order chi connectivity index (χ1) is 14.5. The Balaban J connectivity index is 1.46. The maximum atomic E-state index is 12.7. The van der Waals surface area contributed by atoms with Gasteiger partial charge in [-0.15, -0.1) is 0 Å². The number of carbonyl (C=O) groups is 2. The zero-order chi connectivity index (χ0) is 21.1. The van der Waals surface area contributed by atoms with Crippen molar-refractivity contribution in [1.82, 2.24) is 0 Å². The summed E-state index contributed by atoms with van der Waals surface area (Å²) in [4.78, 5) is 24.9. The summed E-state index contributed by atoms with van der Waals surface area (Å²) in [5.41, 5.74) is 3.23. The van der Waals surface area contributed by atoms with Crippen molar-refractivity contribution >= 4 is 17.6 Å². The maximum Gasteiger partial charge on any atom is 0.231 e. The number of hydrogen-bond donors (Lipinski definition) is 0. The van der Waals surface area contributed by atoms with Crippen LogP contribution in [0.15, 0.2) is 78.6 Å². The lowest BCUT2D eigenvalue weighted by Gasteiger charge is -2.07. The molecule has 0 saturated heterocycles. The lowest BCUT2D eigenvalue weighted by atomic mass is 10.0. The minimum atomic E-state index is -0.162. The lowest BCUT2D eigenvalue weighted by Crippen LogP contribution is -2.11. The van der Waals surface area contributed by atoms with E-state index in [2.05, 4.69) is 26.0 Å². The van der Waals surface area contributed by atoms with Gasteiger partial charge < -0.3 is 9.47 Å². The lowest BCUT2D eigenvalue weighted by molar-refractivity contribution is 0.0921. The Labute approximate surface area is 175 Å². The number of benzene rings is 3. The van der Waals surface area contributed by atoms with Crippen LogP contribution in [0.4, 0.5) is 0 Å². The summed E-state index contributed by atoms with van der Waals surface area (Å²) in [5, 5.41) is 0. The minimum Gasteiger partial charge on any atom is -0.485 e. The van der Waals surface area contributed by atoms with Gasteiger partial charge in [-0.3, -0.25) is 9.59 Å². The smallest absolute Gasteiger partial charge is 0.231 e. The molecule has 1 aliphatic heterocycles. The van der Waals surface area contributed by atoms with E-state index < -0.39 is 0 Å². The fraction of sp³-hybridized carbons (Fsp3) is 0.154. The van der Waals surface area contributed by atoms with Crippen LogP contribution in [0, 0.1) is 0 Å². The topological polar surface area (TPSA) is 52.6 Å². The predicted octanol–water partition coefficient (Wildman–Crippen LogP) is 5.69. The van der Waals surface area contributed by atoms with Gasteiger partial charge in [-0.1, -0.05) is 68.4 Å². The molecule has 0 bridgehead atoms. The van der Waals surface area contributed by atoms with Crippen LogP contribution in [0.5, 0.6) is 11.5 Å². The second-order valence-corrected chi connectivity index (χ2v) is 7.50. The normalized spacial score (nSPS) is 14.0. The fourth-order valence-corrected chi connectivity index (χ4v) is 3.24. The highest BCUT2D eigenvalue weighted by molar-refractivity contribution is 6.14. The van der Waals surface area contributed by atoms with Gasteiger partial charge in [-0.05, 0) is 35.3 Å². The summed E-state index contributed by atoms with van der Waals surface area (Å²) in [5.74, 6) is 1.37. The number of ether oxygens (including phenoxy) is 2. The van der Waals surface area contributed by atoms with Gasteiger partial charge in [-0.25, -0.2) is 0 Å². The summed E-state index contributed by atoms with van der Waals surface area (Å²) < 4.78 is 11.4. The summed E-state index contributed by atoms with van der Waals surface area (Å²) in [6.07, 6.45) is 1.74. The van der Waals surface area contributed by atoms with Crippen molar-refractivity contribution in [2.75, 3.05) is 6.61 Å². The standard InChI is InChI=1S/C26H22O4/c1-17(2)19-10-8-18(9-11-19)14-25-26(28)22-13-12-21(15-24(22)30-25)29-16-23(27)20-6-4-3-5-7-20/h3-15,17H,16H2,1-2H3. The van der Waals surface area contributed by atoms with Gasteiger partial charge in [0.1, 0.15) is 11.5 Å². The second kappa shape index (κ2) is 8.37. The maximum absolute atomic E-state index is 12.7. The molecule has 0 spiro atoms. The van der Waals surface area contributed by atoms with E-state index in [1.165, 1.54) is 5.56 Å². The average molecular weight is 398 g/mol. The molecule has 30 heavy (non-hydrogen) atoms. The van der Waals surface area contributed by atoms with E-state index in [1.807, 2.05) is 30.3 Å². The van der Waals surface area contributed by atoms with Crippen LogP contribution in [-0.4, -0.2) is 18.2 Å². The predicted molar refractivity (Wildman–Crippen MR) is 116 cm³/mol. The van der Waals surface area contributed by atoms with Gasteiger partial charge in [-0.2, -0.15) is 0 Å². The molecule has 150 valence electrons. The molecule has 0 aromatic heterocycles. The van der Waals surface area contributed by atoms with Crippen LogP contribution in [0.1, 0.15) is 51.6 Å². The van der Waals surface area contributed by atoms with Crippen LogP contribution in [-0.2, 0) is 0 Å². The Bertz CT molecular complexity index is 1110. The zero-order valence-electron chi connectivity index (χ0n) is 16.9. The molecule has 0 aliphatic carbocycles. The monoisotopic (exact) mass is 398 g/mol. The van der Waals surface area contributed by atoms with E-state index in [1.54, 1.807) is 36.4 Å². The van der Waals surface area contributed by atoms with Crippen molar-refractivity contribution in [1.29, 1.82) is 0 Å². The first-order valence-corrected chi connectivity index (χ1v) is 9.90. The Morgan fingerprint density at radius 1 is 1.00 bits per heavy atom. The summed E-state index contributed by atoms with van der Waals surface area (Å²) in [7, 11) is 0. The summed E-state index contributed by atoms with van der Waals surface area (Å²) in [6.45, 7) is 4.20. The molecule has 0 saturated carbocycles. The van der Waals surface area contributed by atoms with Gasteiger partial charge in [0, 0.05) is 11.6 Å². The molecule has 0 N–H and O–H groups in total. The number of hydrogen-bond acceptors (Lipinski definition) is 4. The third-order valence-corrected chi connectivity index (χ3v) is 5.01. The first kappa shape index (κ1) is 19.6. The van der Waals surface area contributed by atoms with Crippen molar-refractivity contribution in [2.24, 2.45) is 0 Å². The molecule has 0 fully saturated rings. The summed E-state index contributed by atoms with van der Waals surface area (Å²) in [6, 6.07) is 22.0. The van der Waals surface area contributed by atoms with Gasteiger partial charge in [0.05, 0.1) is 5.56 Å². The average Bonchev–Trinajstić information content (AvgIpc) is 3.07. The molecule has 4 rings (SSSR count). The Morgan fingerprint density at radius 3 is 2.43 bits per heavy atom. The Kier molecular flexibility index (Phi) is 5.48. The number of rotatable bonds is 6. The van der Waals surface area contributed by atoms with Gasteiger partial charge in [0.2, 0.25) is 5.78 Å². The third kappa shape index (κ3) is 4.18. The van der Waals surface area contributed by atoms with Crippen LogP contribution in [0.3, 0.4) is 0 Å². The molecule has 4 heteroatoms. The van der Waals surface area contributed by atoms with E-state index in [9.17, 15) is 9.59 Å². The number of fused-ring (bicyclic) bond motifs is 1. The highest BCUT2D eigenvalue weighted by Gasteiger charge is 2.27.